The van der Waals surface area contributed by atoms with Gasteiger partial charge >= 0.3 is 5.97 Å². The normalized spacial score (nSPS) is 24.7. The van der Waals surface area contributed by atoms with Crippen LogP contribution < -0.4 is 0 Å². The molecule has 1 aliphatic rings. The van der Waals surface area contributed by atoms with Crippen LogP contribution in [0.25, 0.3) is 0 Å². The molecule has 0 amide bonds. The zero-order chi connectivity index (χ0) is 11.0. The Labute approximate surface area is 88.4 Å². The number of aliphatic carboxylic acids is 1. The van der Waals surface area contributed by atoms with Crippen molar-refractivity contribution in [3.8, 4) is 0 Å². The highest BCUT2D eigenvalue weighted by Gasteiger charge is 2.32. The molecule has 0 bridgehead atoms. The second-order valence-electron chi connectivity index (χ2n) is 4.13. The number of aryl methyl sites for hydroxylation is 2. The van der Waals surface area contributed by atoms with Crippen LogP contribution in [-0.4, -0.2) is 16.2 Å². The second-order valence-corrected chi connectivity index (χ2v) is 4.13. The molecule has 2 unspecified atom stereocenters. The SMILES string of the molecule is Cc1ccc2c(c1)CCC(C(=O)O)C2O. The van der Waals surface area contributed by atoms with Gasteiger partial charge in [-0.05, 0) is 30.9 Å². The van der Waals surface area contributed by atoms with E-state index in [-0.39, 0.29) is 0 Å². The number of carboxylic acid groups (broad SMARTS) is 1. The van der Waals surface area contributed by atoms with E-state index in [2.05, 4.69) is 0 Å². The molecule has 3 heteroatoms. The Bertz CT molecular complexity index is 398. The average Bonchev–Trinajstić information content (AvgIpc) is 2.17. The fourth-order valence-electron chi connectivity index (χ4n) is 2.18. The molecule has 1 aromatic rings. The number of aliphatic hydroxyl groups is 1. The number of rotatable bonds is 1. The zero-order valence-corrected chi connectivity index (χ0v) is 8.60. The van der Waals surface area contributed by atoms with Crippen molar-refractivity contribution in [1.29, 1.82) is 0 Å². The van der Waals surface area contributed by atoms with Crippen LogP contribution in [0.2, 0.25) is 0 Å². The van der Waals surface area contributed by atoms with Crippen LogP contribution in [-0.2, 0) is 11.2 Å². The van der Waals surface area contributed by atoms with Gasteiger partial charge in [0.15, 0.2) is 0 Å². The quantitative estimate of drug-likeness (QED) is 0.735. The summed E-state index contributed by atoms with van der Waals surface area (Å²) in [5, 5.41) is 18.8. The molecule has 0 fully saturated rings. The van der Waals surface area contributed by atoms with Crippen LogP contribution in [0.15, 0.2) is 18.2 Å². The molecule has 0 heterocycles. The van der Waals surface area contributed by atoms with Crippen LogP contribution in [0.1, 0.15) is 29.2 Å². The number of carboxylic acids is 1. The largest absolute Gasteiger partial charge is 0.481 e. The molecule has 15 heavy (non-hydrogen) atoms. The number of carbonyl (C=O) groups is 1. The highest BCUT2D eigenvalue weighted by molar-refractivity contribution is 5.71. The van der Waals surface area contributed by atoms with Crippen LogP contribution in [0.5, 0.6) is 0 Å². The van der Waals surface area contributed by atoms with E-state index >= 15 is 0 Å². The molecule has 2 rings (SSSR count). The summed E-state index contributed by atoms with van der Waals surface area (Å²) in [5.74, 6) is -1.56. The van der Waals surface area contributed by atoms with Gasteiger partial charge in [0.05, 0.1) is 12.0 Å². The van der Waals surface area contributed by atoms with Crippen molar-refractivity contribution < 1.29 is 15.0 Å². The van der Waals surface area contributed by atoms with E-state index in [1.165, 1.54) is 0 Å². The number of fused-ring (bicyclic) bond motifs is 1. The van der Waals surface area contributed by atoms with Crippen molar-refractivity contribution in [3.63, 3.8) is 0 Å². The monoisotopic (exact) mass is 206 g/mol. The zero-order valence-electron chi connectivity index (χ0n) is 8.60. The van der Waals surface area contributed by atoms with E-state index in [4.69, 9.17) is 5.11 Å². The second kappa shape index (κ2) is 3.66. The molecule has 2 atom stereocenters. The molecule has 80 valence electrons. The molecule has 3 nitrogen and oxygen atoms in total. The summed E-state index contributed by atoms with van der Waals surface area (Å²) < 4.78 is 0. The summed E-state index contributed by atoms with van der Waals surface area (Å²) in [4.78, 5) is 10.9. The maximum absolute atomic E-state index is 10.9. The molecule has 0 saturated carbocycles. The number of hydrogen-bond donors (Lipinski definition) is 2. The Morgan fingerprint density at radius 1 is 1.47 bits per heavy atom. The summed E-state index contributed by atoms with van der Waals surface area (Å²) in [5.41, 5.74) is 3.01. The molecule has 1 aromatic carbocycles. The predicted molar refractivity (Wildman–Crippen MR) is 55.6 cm³/mol. The first-order chi connectivity index (χ1) is 7.09. The first-order valence-electron chi connectivity index (χ1n) is 5.10. The van der Waals surface area contributed by atoms with Crippen LogP contribution >= 0.6 is 0 Å². The Hall–Kier alpha value is -1.35. The van der Waals surface area contributed by atoms with Crippen molar-refractivity contribution in [2.45, 2.75) is 25.9 Å². The van der Waals surface area contributed by atoms with Gasteiger partial charge in [-0.3, -0.25) is 4.79 Å². The van der Waals surface area contributed by atoms with E-state index in [9.17, 15) is 9.90 Å². The molecule has 1 aliphatic carbocycles. The minimum absolute atomic E-state index is 0.521. The first kappa shape index (κ1) is 10.2. The lowest BCUT2D eigenvalue weighted by atomic mass is 9.81. The minimum Gasteiger partial charge on any atom is -0.481 e. The number of aliphatic hydroxyl groups excluding tert-OH is 1. The number of benzene rings is 1. The van der Waals surface area contributed by atoms with Gasteiger partial charge < -0.3 is 10.2 Å². The maximum atomic E-state index is 10.9. The molecule has 0 aliphatic heterocycles. The summed E-state index contributed by atoms with van der Waals surface area (Å²) in [6, 6.07) is 5.77. The van der Waals surface area contributed by atoms with Crippen LogP contribution in [0.4, 0.5) is 0 Å². The van der Waals surface area contributed by atoms with Crippen molar-refractivity contribution in [1.82, 2.24) is 0 Å². The van der Waals surface area contributed by atoms with E-state index in [0.29, 0.717) is 6.42 Å². The van der Waals surface area contributed by atoms with Gasteiger partial charge in [0, 0.05) is 0 Å². The van der Waals surface area contributed by atoms with Crippen molar-refractivity contribution in [2.24, 2.45) is 5.92 Å². The van der Waals surface area contributed by atoms with E-state index in [1.54, 1.807) is 0 Å². The summed E-state index contributed by atoms with van der Waals surface area (Å²) in [7, 11) is 0. The highest BCUT2D eigenvalue weighted by atomic mass is 16.4. The average molecular weight is 206 g/mol. The Morgan fingerprint density at radius 3 is 2.87 bits per heavy atom. The van der Waals surface area contributed by atoms with E-state index < -0.39 is 18.0 Å². The van der Waals surface area contributed by atoms with Gasteiger partial charge in [-0.1, -0.05) is 23.8 Å². The van der Waals surface area contributed by atoms with E-state index in [0.717, 1.165) is 23.1 Å². The fraction of sp³-hybridized carbons (Fsp3) is 0.417. The molecule has 2 N–H and O–H groups in total. The molecule has 0 spiro atoms. The van der Waals surface area contributed by atoms with Crippen molar-refractivity contribution >= 4 is 5.97 Å². The van der Waals surface area contributed by atoms with Gasteiger partial charge in [0.1, 0.15) is 0 Å². The standard InChI is InChI=1S/C12H14O3/c1-7-2-4-9-8(6-7)3-5-10(11(9)13)12(14)15/h2,4,6,10-11,13H,3,5H2,1H3,(H,14,15). The summed E-state index contributed by atoms with van der Waals surface area (Å²) in [6.45, 7) is 2.00. The van der Waals surface area contributed by atoms with Gasteiger partial charge in [0.2, 0.25) is 0 Å². The van der Waals surface area contributed by atoms with Gasteiger partial charge in [-0.2, -0.15) is 0 Å². The third kappa shape index (κ3) is 1.75. The minimum atomic E-state index is -0.909. The Morgan fingerprint density at radius 2 is 2.20 bits per heavy atom. The van der Waals surface area contributed by atoms with Crippen LogP contribution in [0, 0.1) is 12.8 Å². The molecule has 0 aromatic heterocycles. The predicted octanol–water partition coefficient (Wildman–Crippen LogP) is 1.68. The number of hydrogen-bond acceptors (Lipinski definition) is 2. The summed E-state index contributed by atoms with van der Waals surface area (Å²) in [6.07, 6.45) is 0.407. The smallest absolute Gasteiger partial charge is 0.309 e. The topological polar surface area (TPSA) is 57.5 Å². The summed E-state index contributed by atoms with van der Waals surface area (Å²) >= 11 is 0. The Kier molecular flexibility index (Phi) is 2.49. The van der Waals surface area contributed by atoms with Crippen molar-refractivity contribution in [2.75, 3.05) is 0 Å². The van der Waals surface area contributed by atoms with Crippen LogP contribution in [0.3, 0.4) is 0 Å². The van der Waals surface area contributed by atoms with Gasteiger partial charge in [-0.25, -0.2) is 0 Å². The lowest BCUT2D eigenvalue weighted by Gasteiger charge is -2.27. The molecule has 0 radical (unpaired) electrons. The van der Waals surface area contributed by atoms with Gasteiger partial charge in [0.25, 0.3) is 0 Å². The van der Waals surface area contributed by atoms with E-state index in [1.807, 2.05) is 25.1 Å². The highest BCUT2D eigenvalue weighted by Crippen LogP contribution is 2.34. The molecule has 0 saturated heterocycles. The molecular formula is C12H14O3. The lowest BCUT2D eigenvalue weighted by Crippen LogP contribution is -2.27. The van der Waals surface area contributed by atoms with Crippen molar-refractivity contribution in [3.05, 3.63) is 34.9 Å². The lowest BCUT2D eigenvalue weighted by molar-refractivity contribution is -0.146. The third-order valence-corrected chi connectivity index (χ3v) is 3.04. The third-order valence-electron chi connectivity index (χ3n) is 3.04. The first-order valence-corrected chi connectivity index (χ1v) is 5.10. The molecular weight excluding hydrogens is 192 g/mol. The maximum Gasteiger partial charge on any atom is 0.309 e. The fourth-order valence-corrected chi connectivity index (χ4v) is 2.18. The van der Waals surface area contributed by atoms with Gasteiger partial charge in [-0.15, -0.1) is 0 Å². The Balaban J connectivity index is 2.38.